The smallest absolute Gasteiger partial charge is 0.134 e. The lowest BCUT2D eigenvalue weighted by Gasteiger charge is -2.17. The van der Waals surface area contributed by atoms with Gasteiger partial charge in [-0.3, -0.25) is 0 Å². The van der Waals surface area contributed by atoms with Gasteiger partial charge in [-0.25, -0.2) is 0 Å². The summed E-state index contributed by atoms with van der Waals surface area (Å²) in [7, 11) is 0. The highest BCUT2D eigenvalue weighted by Crippen LogP contribution is 2.24. The van der Waals surface area contributed by atoms with Crippen LogP contribution in [0.1, 0.15) is 39.0 Å². The Balaban J connectivity index is 2.35. The van der Waals surface area contributed by atoms with Gasteiger partial charge < -0.3 is 14.8 Å². The van der Waals surface area contributed by atoms with Gasteiger partial charge in [-0.05, 0) is 41.3 Å². The Kier molecular flexibility index (Phi) is 5.52. The van der Waals surface area contributed by atoms with Crippen molar-refractivity contribution in [3.63, 3.8) is 0 Å². The predicted molar refractivity (Wildman–Crippen MR) is 68.3 cm³/mol. The van der Waals surface area contributed by atoms with Crippen molar-refractivity contribution in [2.75, 3.05) is 6.54 Å². The molecule has 0 amide bonds. The van der Waals surface area contributed by atoms with Gasteiger partial charge in [0.25, 0.3) is 0 Å². The van der Waals surface area contributed by atoms with E-state index < -0.39 is 0 Å². The van der Waals surface area contributed by atoms with Crippen LogP contribution >= 0.6 is 15.9 Å². The Labute approximate surface area is 105 Å². The van der Waals surface area contributed by atoms with Crippen molar-refractivity contribution in [1.82, 2.24) is 5.32 Å². The molecular weight excluding hydrogens is 270 g/mol. The van der Waals surface area contributed by atoms with E-state index in [4.69, 9.17) is 4.42 Å². The Bertz CT molecular complexity index is 312. The molecule has 2 atom stereocenters. The molecule has 0 saturated carbocycles. The Morgan fingerprint density at radius 3 is 2.62 bits per heavy atom. The Morgan fingerprint density at radius 1 is 1.44 bits per heavy atom. The van der Waals surface area contributed by atoms with E-state index in [1.807, 2.05) is 13.0 Å². The summed E-state index contributed by atoms with van der Waals surface area (Å²) >= 11 is 3.42. The van der Waals surface area contributed by atoms with E-state index >= 15 is 0 Å². The number of nitrogens with one attached hydrogen (secondary N) is 1. The van der Waals surface area contributed by atoms with Crippen molar-refractivity contribution in [2.24, 2.45) is 5.92 Å². The molecule has 0 aromatic carbocycles. The van der Waals surface area contributed by atoms with E-state index in [0.29, 0.717) is 12.5 Å². The number of furan rings is 1. The molecular formula is C12H20BrNO2. The first-order valence-electron chi connectivity index (χ1n) is 5.65. The van der Waals surface area contributed by atoms with Crippen molar-refractivity contribution >= 4 is 15.9 Å². The van der Waals surface area contributed by atoms with E-state index in [0.717, 1.165) is 16.7 Å². The van der Waals surface area contributed by atoms with Gasteiger partial charge in [0.05, 0.1) is 22.9 Å². The molecule has 2 unspecified atom stereocenters. The molecule has 0 bridgehead atoms. The molecule has 16 heavy (non-hydrogen) atoms. The quantitative estimate of drug-likeness (QED) is 0.846. The van der Waals surface area contributed by atoms with Crippen LogP contribution in [0.2, 0.25) is 0 Å². The maximum Gasteiger partial charge on any atom is 0.134 e. The van der Waals surface area contributed by atoms with E-state index in [2.05, 4.69) is 35.1 Å². The molecule has 0 aliphatic heterocycles. The minimum Gasteiger partial charge on any atom is -0.466 e. The maximum atomic E-state index is 9.73. The summed E-state index contributed by atoms with van der Waals surface area (Å²) in [6.45, 7) is 6.82. The third-order valence-corrected chi connectivity index (χ3v) is 3.10. The summed E-state index contributed by atoms with van der Waals surface area (Å²) in [5.74, 6) is 1.39. The summed E-state index contributed by atoms with van der Waals surface area (Å²) in [4.78, 5) is 0. The summed E-state index contributed by atoms with van der Waals surface area (Å²) in [6.07, 6.45) is 2.18. The van der Waals surface area contributed by atoms with Gasteiger partial charge in [0.2, 0.25) is 0 Å². The molecule has 0 fully saturated rings. The van der Waals surface area contributed by atoms with Crippen LogP contribution in [0.15, 0.2) is 21.2 Å². The van der Waals surface area contributed by atoms with Gasteiger partial charge in [0.15, 0.2) is 0 Å². The molecule has 3 nitrogen and oxygen atoms in total. The first-order valence-corrected chi connectivity index (χ1v) is 6.44. The molecule has 4 heteroatoms. The largest absolute Gasteiger partial charge is 0.466 e. The van der Waals surface area contributed by atoms with Crippen LogP contribution in [-0.4, -0.2) is 17.8 Å². The average molecular weight is 290 g/mol. The van der Waals surface area contributed by atoms with Gasteiger partial charge in [-0.15, -0.1) is 0 Å². The molecule has 0 aliphatic carbocycles. The fourth-order valence-corrected chi connectivity index (χ4v) is 2.19. The molecule has 0 aliphatic rings. The maximum absolute atomic E-state index is 9.73. The van der Waals surface area contributed by atoms with Crippen molar-refractivity contribution in [3.8, 4) is 0 Å². The number of aliphatic hydroxyl groups is 1. The highest BCUT2D eigenvalue weighted by atomic mass is 79.9. The molecule has 1 aromatic heterocycles. The van der Waals surface area contributed by atoms with Crippen LogP contribution in [0.4, 0.5) is 0 Å². The van der Waals surface area contributed by atoms with Crippen LogP contribution in [0.25, 0.3) is 0 Å². The first-order chi connectivity index (χ1) is 7.50. The normalized spacial score (nSPS) is 15.4. The van der Waals surface area contributed by atoms with Crippen molar-refractivity contribution in [3.05, 3.63) is 22.6 Å². The lowest BCUT2D eigenvalue weighted by atomic mass is 10.1. The zero-order valence-corrected chi connectivity index (χ0v) is 11.6. The summed E-state index contributed by atoms with van der Waals surface area (Å²) in [6, 6.07) is 1.98. The van der Waals surface area contributed by atoms with Gasteiger partial charge in [-0.2, -0.15) is 0 Å². The molecule has 1 heterocycles. The van der Waals surface area contributed by atoms with E-state index in [9.17, 15) is 5.11 Å². The fourth-order valence-electron chi connectivity index (χ4n) is 1.65. The van der Waals surface area contributed by atoms with E-state index in [1.165, 1.54) is 0 Å². The molecule has 92 valence electrons. The van der Waals surface area contributed by atoms with Crippen molar-refractivity contribution < 1.29 is 9.52 Å². The Morgan fingerprint density at radius 2 is 2.12 bits per heavy atom. The molecule has 1 aromatic rings. The highest BCUT2D eigenvalue weighted by Gasteiger charge is 2.14. The molecule has 0 saturated heterocycles. The third kappa shape index (κ3) is 4.28. The number of halogens is 1. The lowest BCUT2D eigenvalue weighted by Crippen LogP contribution is -2.29. The average Bonchev–Trinajstić information content (AvgIpc) is 2.60. The van der Waals surface area contributed by atoms with Gasteiger partial charge in [-0.1, -0.05) is 13.8 Å². The molecule has 0 radical (unpaired) electrons. The van der Waals surface area contributed by atoms with E-state index in [1.54, 1.807) is 6.26 Å². The van der Waals surface area contributed by atoms with Crippen molar-refractivity contribution in [2.45, 2.75) is 39.3 Å². The SMILES string of the molecule is CC(C)CC(O)CNC(C)c1occc1Br. The van der Waals surface area contributed by atoms with E-state index in [-0.39, 0.29) is 12.1 Å². The fraction of sp³-hybridized carbons (Fsp3) is 0.667. The van der Waals surface area contributed by atoms with Gasteiger partial charge >= 0.3 is 0 Å². The number of hydrogen-bond acceptors (Lipinski definition) is 3. The standard InChI is InChI=1S/C12H20BrNO2/c1-8(2)6-10(15)7-14-9(3)12-11(13)4-5-16-12/h4-5,8-10,14-15H,6-7H2,1-3H3. The van der Waals surface area contributed by atoms with Crippen LogP contribution in [0.5, 0.6) is 0 Å². The topological polar surface area (TPSA) is 45.4 Å². The van der Waals surface area contributed by atoms with Crippen molar-refractivity contribution in [1.29, 1.82) is 0 Å². The minimum absolute atomic E-state index is 0.103. The summed E-state index contributed by atoms with van der Waals surface area (Å²) in [5.41, 5.74) is 0. The Hall–Kier alpha value is -0.320. The van der Waals surface area contributed by atoms with Crippen LogP contribution in [0.3, 0.4) is 0 Å². The highest BCUT2D eigenvalue weighted by molar-refractivity contribution is 9.10. The predicted octanol–water partition coefficient (Wildman–Crippen LogP) is 3.10. The second-order valence-electron chi connectivity index (χ2n) is 4.55. The number of hydrogen-bond donors (Lipinski definition) is 2. The summed E-state index contributed by atoms with van der Waals surface area (Å²) < 4.78 is 6.31. The van der Waals surface area contributed by atoms with Gasteiger partial charge in [0.1, 0.15) is 5.76 Å². The first kappa shape index (κ1) is 13.7. The molecule has 2 N–H and O–H groups in total. The lowest BCUT2D eigenvalue weighted by molar-refractivity contribution is 0.142. The van der Waals surface area contributed by atoms with Crippen LogP contribution in [-0.2, 0) is 0 Å². The summed E-state index contributed by atoms with van der Waals surface area (Å²) in [5, 5.41) is 13.0. The van der Waals surface area contributed by atoms with Crippen LogP contribution in [0, 0.1) is 5.92 Å². The second kappa shape index (κ2) is 6.42. The molecule has 1 rings (SSSR count). The number of aliphatic hydroxyl groups excluding tert-OH is 1. The monoisotopic (exact) mass is 289 g/mol. The minimum atomic E-state index is -0.295. The van der Waals surface area contributed by atoms with Crippen LogP contribution < -0.4 is 5.32 Å². The zero-order valence-electron chi connectivity index (χ0n) is 10.0. The third-order valence-electron chi connectivity index (χ3n) is 2.44. The zero-order chi connectivity index (χ0) is 12.1. The van der Waals surface area contributed by atoms with Gasteiger partial charge in [0, 0.05) is 6.54 Å². The molecule has 0 spiro atoms. The second-order valence-corrected chi connectivity index (χ2v) is 5.40. The number of rotatable bonds is 6.